The predicted molar refractivity (Wildman–Crippen MR) is 72.2 cm³/mol. The van der Waals surface area contributed by atoms with Crippen LogP contribution in [0.4, 0.5) is 0 Å². The molecule has 1 N–H and O–H groups in total. The summed E-state index contributed by atoms with van der Waals surface area (Å²) in [6, 6.07) is 9.68. The van der Waals surface area contributed by atoms with Crippen LogP contribution in [0.5, 0.6) is 0 Å². The lowest BCUT2D eigenvalue weighted by Crippen LogP contribution is -2.03. The molecule has 0 aliphatic rings. The van der Waals surface area contributed by atoms with E-state index in [0.717, 1.165) is 14.7 Å². The standard InChI is InChI=1S/C13H12INO/c1-9-4-2-6-11(12(9)14)13(16)10-5-3-7-15-8-10/h2-8,13,16H,1H3. The first-order valence-electron chi connectivity index (χ1n) is 5.03. The zero-order chi connectivity index (χ0) is 11.5. The smallest absolute Gasteiger partial charge is 0.107 e. The van der Waals surface area contributed by atoms with Crippen LogP contribution in [0.2, 0.25) is 0 Å². The Bertz CT molecular complexity index is 485. The van der Waals surface area contributed by atoms with Gasteiger partial charge in [0.05, 0.1) is 0 Å². The van der Waals surface area contributed by atoms with E-state index < -0.39 is 6.10 Å². The predicted octanol–water partition coefficient (Wildman–Crippen LogP) is 3.08. The highest BCUT2D eigenvalue weighted by molar-refractivity contribution is 14.1. The topological polar surface area (TPSA) is 33.1 Å². The maximum atomic E-state index is 10.3. The van der Waals surface area contributed by atoms with Gasteiger partial charge >= 0.3 is 0 Å². The minimum absolute atomic E-state index is 0.597. The molecule has 3 heteroatoms. The highest BCUT2D eigenvalue weighted by Gasteiger charge is 2.14. The van der Waals surface area contributed by atoms with Crippen molar-refractivity contribution >= 4 is 22.6 Å². The summed E-state index contributed by atoms with van der Waals surface area (Å²) in [5.41, 5.74) is 2.95. The van der Waals surface area contributed by atoms with E-state index in [0.29, 0.717) is 0 Å². The summed E-state index contributed by atoms with van der Waals surface area (Å²) in [5, 5.41) is 10.3. The van der Waals surface area contributed by atoms with Gasteiger partial charge in [-0.2, -0.15) is 0 Å². The van der Waals surface area contributed by atoms with Crippen LogP contribution in [0, 0.1) is 10.5 Å². The van der Waals surface area contributed by atoms with Crippen LogP contribution in [0.15, 0.2) is 42.7 Å². The number of aliphatic hydroxyl groups excluding tert-OH is 1. The van der Waals surface area contributed by atoms with Gasteiger partial charge in [-0.3, -0.25) is 4.98 Å². The van der Waals surface area contributed by atoms with Crippen LogP contribution in [0.3, 0.4) is 0 Å². The number of pyridine rings is 1. The minimum Gasteiger partial charge on any atom is -0.384 e. The first-order valence-corrected chi connectivity index (χ1v) is 6.11. The van der Waals surface area contributed by atoms with Crippen LogP contribution < -0.4 is 0 Å². The number of rotatable bonds is 2. The summed E-state index contributed by atoms with van der Waals surface area (Å²) in [7, 11) is 0. The molecule has 1 aromatic heterocycles. The Morgan fingerprint density at radius 3 is 2.75 bits per heavy atom. The summed E-state index contributed by atoms with van der Waals surface area (Å²) < 4.78 is 1.11. The largest absolute Gasteiger partial charge is 0.384 e. The third-order valence-electron chi connectivity index (χ3n) is 2.52. The highest BCUT2D eigenvalue weighted by atomic mass is 127. The van der Waals surface area contributed by atoms with E-state index in [1.807, 2.05) is 37.3 Å². The van der Waals surface area contributed by atoms with Crippen molar-refractivity contribution in [2.75, 3.05) is 0 Å². The number of hydrogen-bond donors (Lipinski definition) is 1. The zero-order valence-electron chi connectivity index (χ0n) is 8.89. The molecule has 0 aliphatic carbocycles. The molecule has 0 saturated carbocycles. The normalized spacial score (nSPS) is 12.4. The lowest BCUT2D eigenvalue weighted by Gasteiger charge is -2.14. The van der Waals surface area contributed by atoms with Crippen LogP contribution in [0.25, 0.3) is 0 Å². The molecule has 2 aromatic rings. The van der Waals surface area contributed by atoms with Crippen LogP contribution in [-0.4, -0.2) is 10.1 Å². The first kappa shape index (κ1) is 11.5. The average molecular weight is 325 g/mol. The number of aliphatic hydroxyl groups is 1. The summed E-state index contributed by atoms with van der Waals surface area (Å²) in [6.45, 7) is 2.04. The molecule has 0 fully saturated rings. The molecular weight excluding hydrogens is 313 g/mol. The van der Waals surface area contributed by atoms with E-state index in [9.17, 15) is 5.11 Å². The molecule has 0 spiro atoms. The number of benzene rings is 1. The maximum absolute atomic E-state index is 10.3. The highest BCUT2D eigenvalue weighted by Crippen LogP contribution is 2.27. The van der Waals surface area contributed by atoms with Crippen molar-refractivity contribution in [1.82, 2.24) is 4.98 Å². The quantitative estimate of drug-likeness (QED) is 0.861. The van der Waals surface area contributed by atoms with Crippen molar-refractivity contribution < 1.29 is 5.11 Å². The molecule has 0 saturated heterocycles. The van der Waals surface area contributed by atoms with Gasteiger partial charge in [-0.15, -0.1) is 0 Å². The van der Waals surface area contributed by atoms with Crippen molar-refractivity contribution in [2.24, 2.45) is 0 Å². The molecule has 1 atom stereocenters. The van der Waals surface area contributed by atoms with Gasteiger partial charge in [0.15, 0.2) is 0 Å². The van der Waals surface area contributed by atoms with Crippen molar-refractivity contribution in [3.63, 3.8) is 0 Å². The van der Waals surface area contributed by atoms with Crippen molar-refractivity contribution in [3.8, 4) is 0 Å². The number of nitrogens with zero attached hydrogens (tertiary/aromatic N) is 1. The second-order valence-corrected chi connectivity index (χ2v) is 4.75. The van der Waals surface area contributed by atoms with Crippen LogP contribution in [0.1, 0.15) is 22.8 Å². The molecule has 1 unspecified atom stereocenters. The fourth-order valence-electron chi connectivity index (χ4n) is 1.60. The van der Waals surface area contributed by atoms with Gasteiger partial charge in [0.25, 0.3) is 0 Å². The van der Waals surface area contributed by atoms with Gasteiger partial charge in [-0.1, -0.05) is 24.3 Å². The number of hydrogen-bond acceptors (Lipinski definition) is 2. The van der Waals surface area contributed by atoms with Gasteiger partial charge in [0, 0.05) is 21.5 Å². The fourth-order valence-corrected chi connectivity index (χ4v) is 2.25. The zero-order valence-corrected chi connectivity index (χ0v) is 11.0. The van der Waals surface area contributed by atoms with E-state index in [1.165, 1.54) is 5.56 Å². The van der Waals surface area contributed by atoms with Gasteiger partial charge in [0.1, 0.15) is 6.10 Å². The number of aromatic nitrogens is 1. The van der Waals surface area contributed by atoms with Crippen molar-refractivity contribution in [1.29, 1.82) is 0 Å². The Kier molecular flexibility index (Phi) is 3.56. The minimum atomic E-state index is -0.597. The molecule has 0 radical (unpaired) electrons. The third kappa shape index (κ3) is 2.25. The molecule has 0 bridgehead atoms. The second kappa shape index (κ2) is 4.93. The Hall–Kier alpha value is -0.940. The molecule has 16 heavy (non-hydrogen) atoms. The first-order chi connectivity index (χ1) is 7.70. The number of halogens is 1. The number of aryl methyl sites for hydroxylation is 1. The van der Waals surface area contributed by atoms with Crippen LogP contribution >= 0.6 is 22.6 Å². The molecule has 2 nitrogen and oxygen atoms in total. The molecule has 1 heterocycles. The van der Waals surface area contributed by atoms with E-state index >= 15 is 0 Å². The summed E-state index contributed by atoms with van der Waals surface area (Å²) in [4.78, 5) is 4.02. The fraction of sp³-hybridized carbons (Fsp3) is 0.154. The van der Waals surface area contributed by atoms with Crippen molar-refractivity contribution in [2.45, 2.75) is 13.0 Å². The van der Waals surface area contributed by atoms with Crippen molar-refractivity contribution in [3.05, 3.63) is 63.0 Å². The molecule has 2 rings (SSSR count). The Morgan fingerprint density at radius 2 is 2.06 bits per heavy atom. The molecule has 0 aliphatic heterocycles. The van der Waals surface area contributed by atoms with E-state index in [2.05, 4.69) is 27.6 Å². The van der Waals surface area contributed by atoms with E-state index in [1.54, 1.807) is 12.4 Å². The SMILES string of the molecule is Cc1cccc(C(O)c2cccnc2)c1I. The monoisotopic (exact) mass is 325 g/mol. The van der Waals surface area contributed by atoms with Crippen LogP contribution in [-0.2, 0) is 0 Å². The molecule has 1 aromatic carbocycles. The lowest BCUT2D eigenvalue weighted by atomic mass is 10.0. The van der Waals surface area contributed by atoms with Gasteiger partial charge in [-0.25, -0.2) is 0 Å². The summed E-state index contributed by atoms with van der Waals surface area (Å²) in [6.07, 6.45) is 2.81. The molecular formula is C13H12INO. The third-order valence-corrected chi connectivity index (χ3v) is 3.99. The lowest BCUT2D eigenvalue weighted by molar-refractivity contribution is 0.219. The average Bonchev–Trinajstić information content (AvgIpc) is 2.33. The Balaban J connectivity index is 2.42. The van der Waals surface area contributed by atoms with E-state index in [-0.39, 0.29) is 0 Å². The van der Waals surface area contributed by atoms with Gasteiger partial charge in [0.2, 0.25) is 0 Å². The molecule has 0 amide bonds. The van der Waals surface area contributed by atoms with E-state index in [4.69, 9.17) is 0 Å². The maximum Gasteiger partial charge on any atom is 0.107 e. The second-order valence-electron chi connectivity index (χ2n) is 3.67. The Morgan fingerprint density at radius 1 is 1.25 bits per heavy atom. The summed E-state index contributed by atoms with van der Waals surface area (Å²) >= 11 is 2.27. The molecule has 82 valence electrons. The van der Waals surface area contributed by atoms with Gasteiger partial charge < -0.3 is 5.11 Å². The Labute approximate surface area is 108 Å². The van der Waals surface area contributed by atoms with Gasteiger partial charge in [-0.05, 0) is 46.7 Å². The summed E-state index contributed by atoms with van der Waals surface area (Å²) in [5.74, 6) is 0.